The second-order valence-corrected chi connectivity index (χ2v) is 5.14. The first kappa shape index (κ1) is 15.4. The molecule has 1 aromatic heterocycles. The van der Waals surface area contributed by atoms with Crippen LogP contribution in [0.4, 0.5) is 5.69 Å². The molecule has 4 nitrogen and oxygen atoms in total. The first-order valence-electron chi connectivity index (χ1n) is 7.42. The fourth-order valence-corrected chi connectivity index (χ4v) is 2.06. The molecule has 4 heteroatoms. The van der Waals surface area contributed by atoms with E-state index in [0.717, 1.165) is 23.1 Å². The quantitative estimate of drug-likeness (QED) is 0.727. The highest BCUT2D eigenvalue weighted by Gasteiger charge is 2.01. The van der Waals surface area contributed by atoms with Gasteiger partial charge < -0.3 is 14.8 Å². The number of hydrogen-bond acceptors (Lipinski definition) is 4. The van der Waals surface area contributed by atoms with E-state index in [-0.39, 0.29) is 5.75 Å². The van der Waals surface area contributed by atoms with Crippen molar-refractivity contribution in [3.63, 3.8) is 0 Å². The SMILES string of the molecule is O=c1cc(CNc2ccc(C#Cc3ccccc3)cc2)occ1O. The summed E-state index contributed by atoms with van der Waals surface area (Å²) in [7, 11) is 0. The molecule has 1 heterocycles. The van der Waals surface area contributed by atoms with E-state index in [2.05, 4.69) is 17.2 Å². The standard InChI is InChI=1S/C20H15NO3/c22-19-12-18(24-14-20(19)23)13-21-17-10-8-16(9-11-17)7-6-15-4-2-1-3-5-15/h1-5,8-12,14,21,23H,13H2. The van der Waals surface area contributed by atoms with Crippen LogP contribution in [-0.4, -0.2) is 5.11 Å². The van der Waals surface area contributed by atoms with Gasteiger partial charge in [0.25, 0.3) is 0 Å². The monoisotopic (exact) mass is 317 g/mol. The zero-order valence-electron chi connectivity index (χ0n) is 12.8. The largest absolute Gasteiger partial charge is 0.502 e. The lowest BCUT2D eigenvalue weighted by molar-refractivity contribution is 0.415. The maximum atomic E-state index is 11.3. The van der Waals surface area contributed by atoms with Gasteiger partial charge in [-0.25, -0.2) is 0 Å². The molecule has 0 bridgehead atoms. The lowest BCUT2D eigenvalue weighted by atomic mass is 10.1. The molecule has 118 valence electrons. The average molecular weight is 317 g/mol. The van der Waals surface area contributed by atoms with E-state index in [1.165, 1.54) is 6.07 Å². The summed E-state index contributed by atoms with van der Waals surface area (Å²) < 4.78 is 5.14. The van der Waals surface area contributed by atoms with Crippen LogP contribution in [0.15, 0.2) is 76.1 Å². The van der Waals surface area contributed by atoms with Gasteiger partial charge in [-0.05, 0) is 36.4 Å². The predicted octanol–water partition coefficient (Wildman–Crippen LogP) is 3.36. The maximum Gasteiger partial charge on any atom is 0.226 e. The molecule has 0 saturated heterocycles. The van der Waals surface area contributed by atoms with Crippen molar-refractivity contribution in [1.82, 2.24) is 0 Å². The number of nitrogens with one attached hydrogen (secondary N) is 1. The van der Waals surface area contributed by atoms with Crippen LogP contribution in [0.5, 0.6) is 5.75 Å². The summed E-state index contributed by atoms with van der Waals surface area (Å²) in [5.41, 5.74) is 2.32. The van der Waals surface area contributed by atoms with Crippen molar-refractivity contribution in [2.45, 2.75) is 6.54 Å². The van der Waals surface area contributed by atoms with Gasteiger partial charge in [-0.15, -0.1) is 0 Å². The van der Waals surface area contributed by atoms with Crippen LogP contribution in [0.3, 0.4) is 0 Å². The van der Waals surface area contributed by atoms with Crippen molar-refractivity contribution in [3.8, 4) is 17.6 Å². The Morgan fingerprint density at radius 1 is 0.958 bits per heavy atom. The number of aromatic hydroxyl groups is 1. The molecular weight excluding hydrogens is 302 g/mol. The van der Waals surface area contributed by atoms with Gasteiger partial charge in [0.15, 0.2) is 5.75 Å². The molecule has 0 aliphatic carbocycles. The Balaban J connectivity index is 1.63. The molecule has 0 amide bonds. The molecule has 24 heavy (non-hydrogen) atoms. The first-order chi connectivity index (χ1) is 11.7. The number of benzene rings is 2. The predicted molar refractivity (Wildman–Crippen MR) is 92.8 cm³/mol. The summed E-state index contributed by atoms with van der Waals surface area (Å²) in [5, 5.41) is 12.3. The third kappa shape index (κ3) is 4.05. The topological polar surface area (TPSA) is 62.5 Å². The van der Waals surface area contributed by atoms with Gasteiger partial charge in [0.1, 0.15) is 12.0 Å². The van der Waals surface area contributed by atoms with E-state index in [9.17, 15) is 4.79 Å². The summed E-state index contributed by atoms with van der Waals surface area (Å²) in [6, 6.07) is 18.7. The van der Waals surface area contributed by atoms with Crippen LogP contribution in [0.1, 0.15) is 16.9 Å². The molecule has 2 aromatic carbocycles. The van der Waals surface area contributed by atoms with Crippen LogP contribution in [0.2, 0.25) is 0 Å². The van der Waals surface area contributed by atoms with Crippen LogP contribution in [0.25, 0.3) is 0 Å². The van der Waals surface area contributed by atoms with E-state index in [1.54, 1.807) is 0 Å². The maximum absolute atomic E-state index is 11.3. The Bertz CT molecular complexity index is 932. The highest BCUT2D eigenvalue weighted by atomic mass is 16.4. The second kappa shape index (κ2) is 7.21. The zero-order chi connectivity index (χ0) is 16.8. The van der Waals surface area contributed by atoms with Crippen molar-refractivity contribution in [3.05, 3.63) is 94.0 Å². The third-order valence-corrected chi connectivity index (χ3v) is 3.34. The molecule has 0 spiro atoms. The Labute approximate surface area is 139 Å². The van der Waals surface area contributed by atoms with Gasteiger partial charge in [-0.3, -0.25) is 4.79 Å². The third-order valence-electron chi connectivity index (χ3n) is 3.34. The van der Waals surface area contributed by atoms with Crippen molar-refractivity contribution in [2.24, 2.45) is 0 Å². The normalized spacial score (nSPS) is 9.83. The van der Waals surface area contributed by atoms with Crippen molar-refractivity contribution < 1.29 is 9.52 Å². The highest BCUT2D eigenvalue weighted by molar-refractivity contribution is 5.50. The minimum atomic E-state index is -0.454. The van der Waals surface area contributed by atoms with Gasteiger partial charge in [0, 0.05) is 22.9 Å². The molecule has 3 rings (SSSR count). The average Bonchev–Trinajstić information content (AvgIpc) is 2.63. The molecule has 2 N–H and O–H groups in total. The van der Waals surface area contributed by atoms with E-state index in [0.29, 0.717) is 12.3 Å². The Morgan fingerprint density at radius 2 is 1.62 bits per heavy atom. The summed E-state index contributed by atoms with van der Waals surface area (Å²) >= 11 is 0. The second-order valence-electron chi connectivity index (χ2n) is 5.14. The van der Waals surface area contributed by atoms with E-state index in [1.807, 2.05) is 54.6 Å². The first-order valence-corrected chi connectivity index (χ1v) is 7.42. The lowest BCUT2D eigenvalue weighted by Gasteiger charge is -2.05. The van der Waals surface area contributed by atoms with Gasteiger partial charge >= 0.3 is 0 Å². The minimum absolute atomic E-state index is 0.352. The van der Waals surface area contributed by atoms with Crippen molar-refractivity contribution in [1.29, 1.82) is 0 Å². The lowest BCUT2D eigenvalue weighted by Crippen LogP contribution is -2.04. The molecule has 0 atom stereocenters. The number of hydrogen-bond donors (Lipinski definition) is 2. The summed E-state index contributed by atoms with van der Waals surface area (Å²) in [5.74, 6) is 6.28. The summed E-state index contributed by atoms with van der Waals surface area (Å²) in [6.07, 6.45) is 1.04. The Hall–Kier alpha value is -3.45. The molecular formula is C20H15NO3. The van der Waals surface area contributed by atoms with E-state index >= 15 is 0 Å². The fourth-order valence-electron chi connectivity index (χ4n) is 2.06. The highest BCUT2D eigenvalue weighted by Crippen LogP contribution is 2.11. The van der Waals surface area contributed by atoms with Gasteiger partial charge in [0.2, 0.25) is 5.43 Å². The smallest absolute Gasteiger partial charge is 0.226 e. The number of anilines is 1. The molecule has 0 radical (unpaired) electrons. The zero-order valence-corrected chi connectivity index (χ0v) is 12.8. The number of rotatable bonds is 3. The molecule has 0 fully saturated rings. The van der Waals surface area contributed by atoms with Crippen LogP contribution < -0.4 is 10.7 Å². The van der Waals surface area contributed by atoms with E-state index in [4.69, 9.17) is 9.52 Å². The molecule has 0 aliphatic heterocycles. The van der Waals surface area contributed by atoms with Crippen molar-refractivity contribution in [2.75, 3.05) is 5.32 Å². The summed E-state index contributed by atoms with van der Waals surface area (Å²) in [6.45, 7) is 0.352. The van der Waals surface area contributed by atoms with Crippen molar-refractivity contribution >= 4 is 5.69 Å². The molecule has 3 aromatic rings. The summed E-state index contributed by atoms with van der Waals surface area (Å²) in [4.78, 5) is 11.3. The van der Waals surface area contributed by atoms with Crippen LogP contribution >= 0.6 is 0 Å². The van der Waals surface area contributed by atoms with Gasteiger partial charge in [-0.2, -0.15) is 0 Å². The van der Waals surface area contributed by atoms with E-state index < -0.39 is 5.43 Å². The Kier molecular flexibility index (Phi) is 4.64. The fraction of sp³-hybridized carbons (Fsp3) is 0.0500. The van der Waals surface area contributed by atoms with Crippen LogP contribution in [0, 0.1) is 11.8 Å². The van der Waals surface area contributed by atoms with Gasteiger partial charge in [0.05, 0.1) is 6.54 Å². The molecule has 0 saturated carbocycles. The minimum Gasteiger partial charge on any atom is -0.502 e. The molecule has 0 aliphatic rings. The Morgan fingerprint density at radius 3 is 2.29 bits per heavy atom. The van der Waals surface area contributed by atoms with Crippen LogP contribution in [-0.2, 0) is 6.54 Å². The molecule has 0 unspecified atom stereocenters. The van der Waals surface area contributed by atoms with Gasteiger partial charge in [-0.1, -0.05) is 30.0 Å².